The fourth-order valence-corrected chi connectivity index (χ4v) is 6.06. The second kappa shape index (κ2) is 8.75. The summed E-state index contributed by atoms with van der Waals surface area (Å²) in [5, 5.41) is 0. The van der Waals surface area contributed by atoms with Gasteiger partial charge >= 0.3 is 0 Å². The Labute approximate surface area is 182 Å². The molecule has 1 N–H and O–H groups in total. The third kappa shape index (κ3) is 4.70. The van der Waals surface area contributed by atoms with Crippen molar-refractivity contribution in [3.8, 4) is 11.5 Å². The van der Waals surface area contributed by atoms with Crippen LogP contribution in [0, 0.1) is 0 Å². The molecule has 2 aliphatic heterocycles. The Morgan fingerprint density at radius 3 is 2.13 bits per heavy atom. The molecule has 1 unspecified atom stereocenters. The van der Waals surface area contributed by atoms with Crippen molar-refractivity contribution in [3.05, 3.63) is 48.0 Å². The average molecular weight is 469 g/mol. The lowest BCUT2D eigenvalue weighted by Gasteiger charge is -2.26. The number of nitrogens with one attached hydrogen (secondary N) is 1. The Kier molecular flexibility index (Phi) is 6.22. The van der Waals surface area contributed by atoms with Crippen LogP contribution in [0.5, 0.6) is 11.5 Å². The smallest absolute Gasteiger partial charge is 0.243 e. The van der Waals surface area contributed by atoms with Crippen molar-refractivity contribution >= 4 is 20.0 Å². The average Bonchev–Trinajstić information content (AvgIpc) is 2.79. The van der Waals surface area contributed by atoms with Crippen LogP contribution >= 0.6 is 0 Å². The lowest BCUT2D eigenvalue weighted by atomic mass is 10.1. The second-order valence-corrected chi connectivity index (χ2v) is 10.9. The maximum Gasteiger partial charge on any atom is 0.243 e. The van der Waals surface area contributed by atoms with Gasteiger partial charge in [0.15, 0.2) is 11.5 Å². The number of morpholine rings is 1. The molecule has 2 aromatic carbocycles. The third-order valence-electron chi connectivity index (χ3n) is 5.14. The molecule has 1 fully saturated rings. The summed E-state index contributed by atoms with van der Waals surface area (Å²) in [5.74, 6) is 1.20. The minimum atomic E-state index is -3.87. The van der Waals surface area contributed by atoms with Gasteiger partial charge in [-0.05, 0) is 48.9 Å². The van der Waals surface area contributed by atoms with E-state index in [9.17, 15) is 16.8 Å². The zero-order valence-corrected chi connectivity index (χ0v) is 18.6. The largest absolute Gasteiger partial charge is 0.486 e. The van der Waals surface area contributed by atoms with Crippen molar-refractivity contribution in [2.75, 3.05) is 39.5 Å². The van der Waals surface area contributed by atoms with Gasteiger partial charge in [-0.2, -0.15) is 4.31 Å². The zero-order valence-electron chi connectivity index (χ0n) is 17.0. The van der Waals surface area contributed by atoms with E-state index in [-0.39, 0.29) is 22.9 Å². The van der Waals surface area contributed by atoms with Crippen LogP contribution in [0.3, 0.4) is 0 Å². The first kappa shape index (κ1) is 22.0. The molecule has 11 heteroatoms. The van der Waals surface area contributed by atoms with E-state index in [2.05, 4.69) is 4.72 Å². The molecule has 0 saturated carbocycles. The summed E-state index contributed by atoms with van der Waals surface area (Å²) in [6.07, 6.45) is 0. The maximum absolute atomic E-state index is 12.8. The molecule has 0 aliphatic carbocycles. The molecule has 0 bridgehead atoms. The van der Waals surface area contributed by atoms with E-state index in [0.29, 0.717) is 37.9 Å². The lowest BCUT2D eigenvalue weighted by molar-refractivity contribution is 0.0730. The highest BCUT2D eigenvalue weighted by Crippen LogP contribution is 2.33. The van der Waals surface area contributed by atoms with E-state index in [1.807, 2.05) is 0 Å². The predicted molar refractivity (Wildman–Crippen MR) is 112 cm³/mol. The van der Waals surface area contributed by atoms with Gasteiger partial charge in [-0.3, -0.25) is 0 Å². The normalized spacial score (nSPS) is 18.5. The number of sulfonamides is 2. The summed E-state index contributed by atoms with van der Waals surface area (Å²) in [4.78, 5) is 0.0334. The standard InChI is InChI=1S/C20H24N2O7S2/c1-15(16-2-7-19-20(14-16)29-13-12-28-19)21-30(23,24)17-3-5-18(6-4-17)31(25,26)22-8-10-27-11-9-22/h2-7,14-15,21H,8-13H2,1H3. The van der Waals surface area contributed by atoms with Crippen molar-refractivity contribution in [2.24, 2.45) is 0 Å². The van der Waals surface area contributed by atoms with E-state index in [1.165, 1.54) is 28.6 Å². The minimum Gasteiger partial charge on any atom is -0.486 e. The molecular weight excluding hydrogens is 444 g/mol. The van der Waals surface area contributed by atoms with Gasteiger partial charge < -0.3 is 14.2 Å². The Morgan fingerprint density at radius 1 is 0.839 bits per heavy atom. The van der Waals surface area contributed by atoms with Crippen molar-refractivity contribution < 1.29 is 31.0 Å². The van der Waals surface area contributed by atoms with Crippen LogP contribution < -0.4 is 14.2 Å². The predicted octanol–water partition coefficient (Wildman–Crippen LogP) is 1.52. The SMILES string of the molecule is CC(NS(=O)(=O)c1ccc(S(=O)(=O)N2CCOCC2)cc1)c1ccc2c(c1)OCCO2. The molecule has 0 aromatic heterocycles. The minimum absolute atomic E-state index is 0.0159. The molecular formula is C20H24N2O7S2. The molecule has 2 aromatic rings. The third-order valence-corrected chi connectivity index (χ3v) is 8.61. The van der Waals surface area contributed by atoms with Gasteiger partial charge in [0.25, 0.3) is 0 Å². The number of fused-ring (bicyclic) bond motifs is 1. The first-order chi connectivity index (χ1) is 14.8. The van der Waals surface area contributed by atoms with Gasteiger partial charge in [0.2, 0.25) is 20.0 Å². The molecule has 1 atom stereocenters. The fraction of sp³-hybridized carbons (Fsp3) is 0.400. The topological polar surface area (TPSA) is 111 Å². The summed E-state index contributed by atoms with van der Waals surface area (Å²) >= 11 is 0. The summed E-state index contributed by atoms with van der Waals surface area (Å²) in [6, 6.07) is 9.97. The number of hydrogen-bond donors (Lipinski definition) is 1. The van der Waals surface area contributed by atoms with Gasteiger partial charge in [0.1, 0.15) is 13.2 Å². The summed E-state index contributed by atoms with van der Waals surface area (Å²) < 4.78 is 71.3. The highest BCUT2D eigenvalue weighted by Gasteiger charge is 2.27. The highest BCUT2D eigenvalue weighted by atomic mass is 32.2. The molecule has 2 heterocycles. The molecule has 2 aliphatic rings. The zero-order chi connectivity index (χ0) is 22.1. The van der Waals surface area contributed by atoms with Crippen LogP contribution in [-0.2, 0) is 24.8 Å². The first-order valence-electron chi connectivity index (χ1n) is 9.87. The van der Waals surface area contributed by atoms with E-state index in [0.717, 1.165) is 5.56 Å². The molecule has 168 valence electrons. The van der Waals surface area contributed by atoms with Gasteiger partial charge in [-0.15, -0.1) is 0 Å². The van der Waals surface area contributed by atoms with Gasteiger partial charge in [-0.1, -0.05) is 6.07 Å². The van der Waals surface area contributed by atoms with E-state index in [4.69, 9.17) is 14.2 Å². The quantitative estimate of drug-likeness (QED) is 0.684. The summed E-state index contributed by atoms with van der Waals surface area (Å²) in [6.45, 7) is 3.87. The van der Waals surface area contributed by atoms with Crippen LogP contribution in [0.25, 0.3) is 0 Å². The molecule has 1 saturated heterocycles. The monoisotopic (exact) mass is 468 g/mol. The number of hydrogen-bond acceptors (Lipinski definition) is 7. The Morgan fingerprint density at radius 2 is 1.45 bits per heavy atom. The van der Waals surface area contributed by atoms with Crippen LogP contribution in [0.4, 0.5) is 0 Å². The Bertz CT molecular complexity index is 1140. The lowest BCUT2D eigenvalue weighted by Crippen LogP contribution is -2.40. The summed E-state index contributed by atoms with van der Waals surface area (Å²) in [7, 11) is -7.55. The molecule has 0 spiro atoms. The number of benzene rings is 2. The highest BCUT2D eigenvalue weighted by molar-refractivity contribution is 7.89. The van der Waals surface area contributed by atoms with Crippen LogP contribution in [0.1, 0.15) is 18.5 Å². The van der Waals surface area contributed by atoms with Crippen molar-refractivity contribution in [1.82, 2.24) is 9.03 Å². The maximum atomic E-state index is 12.8. The van der Waals surface area contributed by atoms with Crippen LogP contribution in [0.2, 0.25) is 0 Å². The molecule has 0 radical (unpaired) electrons. The van der Waals surface area contributed by atoms with Gasteiger partial charge in [0, 0.05) is 19.1 Å². The van der Waals surface area contributed by atoms with E-state index >= 15 is 0 Å². The van der Waals surface area contributed by atoms with Gasteiger partial charge in [-0.25, -0.2) is 21.6 Å². The van der Waals surface area contributed by atoms with Crippen LogP contribution in [0.15, 0.2) is 52.3 Å². The second-order valence-electron chi connectivity index (χ2n) is 7.23. The van der Waals surface area contributed by atoms with E-state index in [1.54, 1.807) is 25.1 Å². The Balaban J connectivity index is 1.49. The molecule has 31 heavy (non-hydrogen) atoms. The van der Waals surface area contributed by atoms with Crippen molar-refractivity contribution in [2.45, 2.75) is 22.8 Å². The van der Waals surface area contributed by atoms with Gasteiger partial charge in [0.05, 0.1) is 23.0 Å². The Hall–Kier alpha value is -2.18. The number of ether oxygens (including phenoxy) is 3. The number of rotatable bonds is 6. The fourth-order valence-electron chi connectivity index (χ4n) is 3.42. The summed E-state index contributed by atoms with van der Waals surface area (Å²) in [5.41, 5.74) is 0.722. The molecule has 4 rings (SSSR count). The number of nitrogens with zero attached hydrogens (tertiary/aromatic N) is 1. The van der Waals surface area contributed by atoms with E-state index < -0.39 is 26.1 Å². The van der Waals surface area contributed by atoms with Crippen molar-refractivity contribution in [1.29, 1.82) is 0 Å². The first-order valence-corrected chi connectivity index (χ1v) is 12.8. The molecule has 9 nitrogen and oxygen atoms in total. The molecule has 0 amide bonds. The van der Waals surface area contributed by atoms with Crippen molar-refractivity contribution in [3.63, 3.8) is 0 Å². The van der Waals surface area contributed by atoms with Crippen LogP contribution in [-0.4, -0.2) is 60.7 Å².